The van der Waals surface area contributed by atoms with Crippen LogP contribution < -0.4 is 15.5 Å². The average Bonchev–Trinajstić information content (AvgIpc) is 2.89. The van der Waals surface area contributed by atoms with Gasteiger partial charge >= 0.3 is 0 Å². The molecule has 0 bridgehead atoms. The number of rotatable bonds is 6. The van der Waals surface area contributed by atoms with Crippen molar-refractivity contribution in [1.82, 2.24) is 24.9 Å². The van der Waals surface area contributed by atoms with Crippen molar-refractivity contribution in [1.29, 1.82) is 0 Å². The van der Waals surface area contributed by atoms with E-state index in [1.165, 1.54) is 6.08 Å². The van der Waals surface area contributed by atoms with Gasteiger partial charge in [0.2, 0.25) is 11.9 Å². The molecule has 170 valence electrons. The molecule has 5 heterocycles. The van der Waals surface area contributed by atoms with Crippen molar-refractivity contribution in [2.24, 2.45) is 0 Å². The van der Waals surface area contributed by atoms with Crippen LogP contribution >= 0.6 is 0 Å². The molecule has 0 aliphatic carbocycles. The standard InChI is InChI=1S/C24H22N8O2/c1-2-21(33)29-17-6-8-25-19(13-17)23-22-16(5-7-26-23)14-28-24(31-22)30-18-3-4-20(27-15-18)32-9-11-34-12-10-32/h2-8,13-15H,1,9-12H2,(H,25,29,33)(H,28,30,31). The molecule has 1 amide bonds. The topological polar surface area (TPSA) is 118 Å². The fourth-order valence-corrected chi connectivity index (χ4v) is 3.60. The van der Waals surface area contributed by atoms with E-state index >= 15 is 0 Å². The summed E-state index contributed by atoms with van der Waals surface area (Å²) in [5.74, 6) is 1.03. The van der Waals surface area contributed by atoms with E-state index < -0.39 is 0 Å². The first-order chi connectivity index (χ1) is 16.7. The van der Waals surface area contributed by atoms with Gasteiger partial charge in [0.15, 0.2) is 0 Å². The summed E-state index contributed by atoms with van der Waals surface area (Å²) in [4.78, 5) is 36.4. The van der Waals surface area contributed by atoms with Gasteiger partial charge in [0.1, 0.15) is 17.0 Å². The Morgan fingerprint density at radius 3 is 2.65 bits per heavy atom. The van der Waals surface area contributed by atoms with Crippen molar-refractivity contribution >= 4 is 40.0 Å². The second-order valence-corrected chi connectivity index (χ2v) is 7.54. The lowest BCUT2D eigenvalue weighted by Gasteiger charge is -2.27. The van der Waals surface area contributed by atoms with E-state index in [9.17, 15) is 4.79 Å². The van der Waals surface area contributed by atoms with Crippen molar-refractivity contribution < 1.29 is 9.53 Å². The quantitative estimate of drug-likeness (QED) is 0.423. The number of nitrogens with one attached hydrogen (secondary N) is 2. The Morgan fingerprint density at radius 1 is 1.00 bits per heavy atom. The van der Waals surface area contributed by atoms with E-state index in [4.69, 9.17) is 4.74 Å². The summed E-state index contributed by atoms with van der Waals surface area (Å²) < 4.78 is 5.40. The first-order valence-corrected chi connectivity index (χ1v) is 10.8. The maximum atomic E-state index is 11.7. The van der Waals surface area contributed by atoms with Crippen molar-refractivity contribution in [3.05, 3.63) is 67.8 Å². The number of anilines is 4. The number of pyridine rings is 3. The largest absolute Gasteiger partial charge is 0.378 e. The lowest BCUT2D eigenvalue weighted by atomic mass is 10.1. The fourth-order valence-electron chi connectivity index (χ4n) is 3.60. The number of fused-ring (bicyclic) bond motifs is 1. The van der Waals surface area contributed by atoms with Crippen LogP contribution in [-0.2, 0) is 9.53 Å². The Bertz CT molecular complexity index is 1340. The van der Waals surface area contributed by atoms with Crippen LogP contribution in [0.2, 0.25) is 0 Å². The SMILES string of the molecule is C=CC(=O)Nc1ccnc(-c2nccc3cnc(Nc4ccc(N5CCOCC5)nc4)nc23)c1. The van der Waals surface area contributed by atoms with Crippen molar-refractivity contribution in [3.8, 4) is 11.4 Å². The van der Waals surface area contributed by atoms with Gasteiger partial charge in [-0.2, -0.15) is 0 Å². The number of morpholine rings is 1. The number of hydrogen-bond acceptors (Lipinski definition) is 9. The molecule has 0 radical (unpaired) electrons. The fraction of sp³-hybridized carbons (Fsp3) is 0.167. The highest BCUT2D eigenvalue weighted by Crippen LogP contribution is 2.26. The molecule has 1 saturated heterocycles. The molecule has 0 aromatic carbocycles. The first kappa shape index (κ1) is 21.4. The van der Waals surface area contributed by atoms with Crippen LogP contribution in [-0.4, -0.2) is 57.1 Å². The zero-order valence-electron chi connectivity index (χ0n) is 18.3. The Balaban J connectivity index is 1.41. The Hall–Kier alpha value is -4.44. The molecular weight excluding hydrogens is 432 g/mol. The summed E-state index contributed by atoms with van der Waals surface area (Å²) in [5.41, 5.74) is 3.16. The van der Waals surface area contributed by atoms with Crippen molar-refractivity contribution in [2.75, 3.05) is 41.8 Å². The van der Waals surface area contributed by atoms with Gasteiger partial charge < -0.3 is 20.3 Å². The molecular formula is C24H22N8O2. The highest BCUT2D eigenvalue weighted by Gasteiger charge is 2.13. The average molecular weight is 454 g/mol. The van der Waals surface area contributed by atoms with Gasteiger partial charge in [-0.1, -0.05) is 6.58 Å². The molecule has 0 atom stereocenters. The predicted octanol–water partition coefficient (Wildman–Crippen LogP) is 3.19. The smallest absolute Gasteiger partial charge is 0.247 e. The van der Waals surface area contributed by atoms with E-state index in [1.54, 1.807) is 36.9 Å². The van der Waals surface area contributed by atoms with Crippen LogP contribution in [0.1, 0.15) is 0 Å². The maximum Gasteiger partial charge on any atom is 0.247 e. The summed E-state index contributed by atoms with van der Waals surface area (Å²) >= 11 is 0. The molecule has 34 heavy (non-hydrogen) atoms. The van der Waals surface area contributed by atoms with Crippen LogP contribution in [0, 0.1) is 0 Å². The Morgan fingerprint density at radius 2 is 1.85 bits per heavy atom. The molecule has 1 aliphatic rings. The number of nitrogens with zero attached hydrogens (tertiary/aromatic N) is 6. The molecule has 10 heteroatoms. The number of amides is 1. The second kappa shape index (κ2) is 9.59. The van der Waals surface area contributed by atoms with E-state index in [1.807, 2.05) is 18.2 Å². The van der Waals surface area contributed by atoms with Gasteiger partial charge in [0.25, 0.3) is 0 Å². The molecule has 0 saturated carbocycles. The zero-order chi connectivity index (χ0) is 23.3. The Labute approximate surface area is 195 Å². The molecule has 4 aromatic rings. The van der Waals surface area contributed by atoms with Crippen molar-refractivity contribution in [2.45, 2.75) is 0 Å². The zero-order valence-corrected chi connectivity index (χ0v) is 18.3. The molecule has 10 nitrogen and oxygen atoms in total. The highest BCUT2D eigenvalue weighted by atomic mass is 16.5. The summed E-state index contributed by atoms with van der Waals surface area (Å²) in [7, 11) is 0. The molecule has 4 aromatic heterocycles. The monoisotopic (exact) mass is 454 g/mol. The molecule has 5 rings (SSSR count). The van der Waals surface area contributed by atoms with Gasteiger partial charge in [-0.3, -0.25) is 14.8 Å². The van der Waals surface area contributed by atoms with E-state index in [-0.39, 0.29) is 5.91 Å². The predicted molar refractivity (Wildman–Crippen MR) is 130 cm³/mol. The minimum Gasteiger partial charge on any atom is -0.378 e. The highest BCUT2D eigenvalue weighted by molar-refractivity contribution is 5.99. The van der Waals surface area contributed by atoms with E-state index in [2.05, 4.69) is 47.0 Å². The lowest BCUT2D eigenvalue weighted by molar-refractivity contribution is -0.111. The van der Waals surface area contributed by atoms with Gasteiger partial charge in [-0.15, -0.1) is 0 Å². The number of aromatic nitrogens is 5. The van der Waals surface area contributed by atoms with Crippen LogP contribution in [0.5, 0.6) is 0 Å². The number of carbonyl (C=O) groups is 1. The van der Waals surface area contributed by atoms with Crippen LogP contribution in [0.4, 0.5) is 23.1 Å². The third kappa shape index (κ3) is 4.66. The lowest BCUT2D eigenvalue weighted by Crippen LogP contribution is -2.36. The van der Waals surface area contributed by atoms with Gasteiger partial charge in [0, 0.05) is 42.8 Å². The summed E-state index contributed by atoms with van der Waals surface area (Å²) in [6, 6.07) is 9.19. The van der Waals surface area contributed by atoms with Gasteiger partial charge in [0.05, 0.1) is 30.8 Å². The van der Waals surface area contributed by atoms with Crippen LogP contribution in [0.15, 0.2) is 67.8 Å². The Kier molecular flexibility index (Phi) is 6.04. The minimum absolute atomic E-state index is 0.301. The van der Waals surface area contributed by atoms with E-state index in [0.29, 0.717) is 41.8 Å². The summed E-state index contributed by atoms with van der Waals surface area (Å²) in [6.07, 6.45) is 7.99. The second-order valence-electron chi connectivity index (χ2n) is 7.54. The third-order valence-electron chi connectivity index (χ3n) is 5.29. The third-order valence-corrected chi connectivity index (χ3v) is 5.29. The molecule has 0 spiro atoms. The van der Waals surface area contributed by atoms with Crippen LogP contribution in [0.25, 0.3) is 22.3 Å². The first-order valence-electron chi connectivity index (χ1n) is 10.8. The van der Waals surface area contributed by atoms with E-state index in [0.717, 1.165) is 30.0 Å². The molecule has 2 N–H and O–H groups in total. The minimum atomic E-state index is -0.301. The molecule has 1 aliphatic heterocycles. The number of hydrogen-bond donors (Lipinski definition) is 2. The molecule has 0 unspecified atom stereocenters. The van der Waals surface area contributed by atoms with Crippen molar-refractivity contribution in [3.63, 3.8) is 0 Å². The maximum absolute atomic E-state index is 11.7. The van der Waals surface area contributed by atoms with Gasteiger partial charge in [-0.05, 0) is 36.4 Å². The van der Waals surface area contributed by atoms with Gasteiger partial charge in [-0.25, -0.2) is 15.0 Å². The normalized spacial score (nSPS) is 13.5. The summed E-state index contributed by atoms with van der Waals surface area (Å²) in [6.45, 7) is 6.55. The van der Waals surface area contributed by atoms with Crippen LogP contribution in [0.3, 0.4) is 0 Å². The summed E-state index contributed by atoms with van der Waals surface area (Å²) in [5, 5.41) is 6.76. The molecule has 1 fully saturated rings. The number of carbonyl (C=O) groups excluding carboxylic acids is 1. The number of ether oxygens (including phenoxy) is 1.